The van der Waals surface area contributed by atoms with Crippen molar-refractivity contribution in [3.05, 3.63) is 23.8 Å². The minimum absolute atomic E-state index is 0.00905. The molecule has 2 amide bonds. The maximum atomic E-state index is 12.1. The maximum absolute atomic E-state index is 12.1. The van der Waals surface area contributed by atoms with E-state index in [1.165, 1.54) is 19.8 Å². The third kappa shape index (κ3) is 4.71. The molecule has 1 aliphatic rings. The van der Waals surface area contributed by atoms with Crippen molar-refractivity contribution in [1.29, 1.82) is 0 Å². The quantitative estimate of drug-likeness (QED) is 0.877. The van der Waals surface area contributed by atoms with Crippen molar-refractivity contribution >= 4 is 17.5 Å². The maximum Gasteiger partial charge on any atom is 0.223 e. The second kappa shape index (κ2) is 7.99. The lowest BCUT2D eigenvalue weighted by Gasteiger charge is -2.24. The summed E-state index contributed by atoms with van der Waals surface area (Å²) in [6.45, 7) is 3.83. The number of rotatable bonds is 6. The molecule has 0 aliphatic heterocycles. The molecule has 5 nitrogen and oxygen atoms in total. The molecule has 0 radical (unpaired) electrons. The zero-order valence-electron chi connectivity index (χ0n) is 14.2. The Kier molecular flexibility index (Phi) is 6.02. The molecule has 0 aromatic heterocycles. The summed E-state index contributed by atoms with van der Waals surface area (Å²) in [6.07, 6.45) is 4.80. The van der Waals surface area contributed by atoms with Crippen LogP contribution in [0.5, 0.6) is 5.75 Å². The van der Waals surface area contributed by atoms with Crippen LogP contribution >= 0.6 is 0 Å². The zero-order valence-corrected chi connectivity index (χ0v) is 14.2. The number of amides is 2. The number of carbonyl (C=O) groups is 2. The van der Waals surface area contributed by atoms with Gasteiger partial charge in [0.25, 0.3) is 0 Å². The highest BCUT2D eigenvalue weighted by atomic mass is 16.5. The molecule has 5 heteroatoms. The van der Waals surface area contributed by atoms with Crippen molar-refractivity contribution < 1.29 is 14.3 Å². The van der Waals surface area contributed by atoms with E-state index in [0.29, 0.717) is 30.4 Å². The van der Waals surface area contributed by atoms with Crippen molar-refractivity contribution in [3.63, 3.8) is 0 Å². The van der Waals surface area contributed by atoms with Gasteiger partial charge in [-0.15, -0.1) is 0 Å². The molecule has 23 heavy (non-hydrogen) atoms. The summed E-state index contributed by atoms with van der Waals surface area (Å²) >= 11 is 0. The van der Waals surface area contributed by atoms with E-state index in [0.717, 1.165) is 18.4 Å². The Balaban J connectivity index is 2.02. The first-order valence-corrected chi connectivity index (χ1v) is 8.23. The van der Waals surface area contributed by atoms with Gasteiger partial charge in [-0.25, -0.2) is 0 Å². The van der Waals surface area contributed by atoms with E-state index in [-0.39, 0.29) is 11.8 Å². The fourth-order valence-corrected chi connectivity index (χ4v) is 3.04. The van der Waals surface area contributed by atoms with Crippen LogP contribution in [-0.4, -0.2) is 31.5 Å². The molecule has 0 spiro atoms. The number of hydrogen-bond donors (Lipinski definition) is 1. The van der Waals surface area contributed by atoms with Crippen LogP contribution in [0.1, 0.15) is 44.6 Å². The molecule has 0 saturated heterocycles. The SMILES string of the molecule is COc1ccc(C)cc1N(CCC(=O)NC1CCCC1)C(C)=O. The number of hydrogen-bond acceptors (Lipinski definition) is 3. The standard InChI is InChI=1S/C18H26N2O3/c1-13-8-9-17(23-3)16(12-13)20(14(2)21)11-10-18(22)19-15-6-4-5-7-15/h8-9,12,15H,4-7,10-11H2,1-3H3,(H,19,22). The van der Waals surface area contributed by atoms with Crippen LogP contribution in [0, 0.1) is 6.92 Å². The topological polar surface area (TPSA) is 58.6 Å². The van der Waals surface area contributed by atoms with E-state index in [4.69, 9.17) is 4.74 Å². The number of benzene rings is 1. The molecule has 0 bridgehead atoms. The number of carbonyl (C=O) groups excluding carboxylic acids is 2. The molecule has 1 fully saturated rings. The Morgan fingerprint density at radius 3 is 2.61 bits per heavy atom. The van der Waals surface area contributed by atoms with Crippen LogP contribution in [0.4, 0.5) is 5.69 Å². The second-order valence-corrected chi connectivity index (χ2v) is 6.14. The minimum Gasteiger partial charge on any atom is -0.495 e. The summed E-state index contributed by atoms with van der Waals surface area (Å²) in [5.41, 5.74) is 1.76. The predicted octanol–water partition coefficient (Wildman–Crippen LogP) is 2.81. The molecule has 1 aromatic carbocycles. The van der Waals surface area contributed by atoms with Gasteiger partial charge in [-0.2, -0.15) is 0 Å². The molecule has 1 saturated carbocycles. The van der Waals surface area contributed by atoms with E-state index in [1.54, 1.807) is 12.0 Å². The predicted molar refractivity (Wildman–Crippen MR) is 90.8 cm³/mol. The smallest absolute Gasteiger partial charge is 0.223 e. The molecule has 1 aromatic rings. The van der Waals surface area contributed by atoms with Gasteiger partial charge in [0.2, 0.25) is 11.8 Å². The van der Waals surface area contributed by atoms with Gasteiger partial charge in [0.1, 0.15) is 5.75 Å². The van der Waals surface area contributed by atoms with Crippen LogP contribution in [0.15, 0.2) is 18.2 Å². The van der Waals surface area contributed by atoms with Crippen LogP contribution in [0.25, 0.3) is 0 Å². The number of methoxy groups -OCH3 is 1. The monoisotopic (exact) mass is 318 g/mol. The Labute approximate surface area is 138 Å². The molecule has 126 valence electrons. The largest absolute Gasteiger partial charge is 0.495 e. The van der Waals surface area contributed by atoms with Gasteiger partial charge < -0.3 is 15.0 Å². The minimum atomic E-state index is -0.0948. The average molecular weight is 318 g/mol. The first kappa shape index (κ1) is 17.3. The van der Waals surface area contributed by atoms with E-state index in [9.17, 15) is 9.59 Å². The summed E-state index contributed by atoms with van der Waals surface area (Å²) in [4.78, 5) is 25.7. The van der Waals surface area contributed by atoms with Gasteiger partial charge in [0.05, 0.1) is 12.8 Å². The Hall–Kier alpha value is -2.04. The highest BCUT2D eigenvalue weighted by molar-refractivity contribution is 5.94. The molecule has 0 unspecified atom stereocenters. The van der Waals surface area contributed by atoms with Gasteiger partial charge >= 0.3 is 0 Å². The molecule has 1 N–H and O–H groups in total. The van der Waals surface area contributed by atoms with Crippen molar-refractivity contribution in [2.75, 3.05) is 18.6 Å². The highest BCUT2D eigenvalue weighted by Gasteiger charge is 2.20. The van der Waals surface area contributed by atoms with Crippen LogP contribution in [0.2, 0.25) is 0 Å². The first-order chi connectivity index (χ1) is 11.0. The molecule has 1 aliphatic carbocycles. The van der Waals surface area contributed by atoms with Crippen molar-refractivity contribution in [2.24, 2.45) is 0 Å². The number of anilines is 1. The van der Waals surface area contributed by atoms with Gasteiger partial charge in [0.15, 0.2) is 0 Å². The normalized spacial score (nSPS) is 14.6. The van der Waals surface area contributed by atoms with Crippen molar-refractivity contribution in [1.82, 2.24) is 5.32 Å². The van der Waals surface area contributed by atoms with Gasteiger partial charge in [-0.3, -0.25) is 9.59 Å². The lowest BCUT2D eigenvalue weighted by molar-refractivity contribution is -0.121. The highest BCUT2D eigenvalue weighted by Crippen LogP contribution is 2.29. The summed E-state index contributed by atoms with van der Waals surface area (Å²) in [5.74, 6) is 0.555. The number of nitrogens with one attached hydrogen (secondary N) is 1. The third-order valence-corrected chi connectivity index (χ3v) is 4.29. The van der Waals surface area contributed by atoms with E-state index < -0.39 is 0 Å². The molecular formula is C18H26N2O3. The van der Waals surface area contributed by atoms with Gasteiger partial charge in [0, 0.05) is 25.9 Å². The van der Waals surface area contributed by atoms with E-state index in [1.807, 2.05) is 25.1 Å². The Bertz CT molecular complexity index is 565. The van der Waals surface area contributed by atoms with Gasteiger partial charge in [-0.1, -0.05) is 18.9 Å². The van der Waals surface area contributed by atoms with Crippen molar-refractivity contribution in [2.45, 2.75) is 52.0 Å². The zero-order chi connectivity index (χ0) is 16.8. The van der Waals surface area contributed by atoms with Crippen LogP contribution in [-0.2, 0) is 9.59 Å². The summed E-state index contributed by atoms with van der Waals surface area (Å²) in [6, 6.07) is 6.00. The fraction of sp³-hybridized carbons (Fsp3) is 0.556. The van der Waals surface area contributed by atoms with Crippen LogP contribution < -0.4 is 15.0 Å². The summed E-state index contributed by atoms with van der Waals surface area (Å²) in [7, 11) is 1.58. The average Bonchev–Trinajstić information content (AvgIpc) is 3.00. The molecule has 0 heterocycles. The Morgan fingerprint density at radius 2 is 2.00 bits per heavy atom. The lowest BCUT2D eigenvalue weighted by atomic mass is 10.1. The molecule has 0 atom stereocenters. The third-order valence-electron chi connectivity index (χ3n) is 4.29. The van der Waals surface area contributed by atoms with Gasteiger partial charge in [-0.05, 0) is 37.5 Å². The Morgan fingerprint density at radius 1 is 1.30 bits per heavy atom. The van der Waals surface area contributed by atoms with Crippen molar-refractivity contribution in [3.8, 4) is 5.75 Å². The van der Waals surface area contributed by atoms with E-state index in [2.05, 4.69) is 5.32 Å². The first-order valence-electron chi connectivity index (χ1n) is 8.23. The lowest BCUT2D eigenvalue weighted by Crippen LogP contribution is -2.37. The molecule has 2 rings (SSSR count). The fourth-order valence-electron chi connectivity index (χ4n) is 3.04. The number of ether oxygens (including phenoxy) is 1. The van der Waals surface area contributed by atoms with E-state index >= 15 is 0 Å². The number of nitrogens with zero attached hydrogens (tertiary/aromatic N) is 1. The number of aryl methyl sites for hydroxylation is 1. The van der Waals surface area contributed by atoms with Crippen LogP contribution in [0.3, 0.4) is 0 Å². The summed E-state index contributed by atoms with van der Waals surface area (Å²) in [5, 5.41) is 3.06. The molecular weight excluding hydrogens is 292 g/mol. The second-order valence-electron chi connectivity index (χ2n) is 6.14. The summed E-state index contributed by atoms with van der Waals surface area (Å²) < 4.78 is 5.35.